The Morgan fingerprint density at radius 2 is 1.86 bits per heavy atom. The Hall–Kier alpha value is -2.20. The van der Waals surface area contributed by atoms with E-state index in [2.05, 4.69) is 0 Å². The fraction of sp³-hybridized carbons (Fsp3) is 0.333. The third kappa shape index (κ3) is 3.34. The molecule has 1 aliphatic heterocycles. The van der Waals surface area contributed by atoms with Crippen LogP contribution < -0.4 is 19.9 Å². The molecule has 1 unspecified atom stereocenters. The van der Waals surface area contributed by atoms with Crippen LogP contribution in [0.5, 0.6) is 17.2 Å². The van der Waals surface area contributed by atoms with E-state index in [4.69, 9.17) is 19.9 Å². The predicted molar refractivity (Wildman–Crippen MR) is 85.7 cm³/mol. The van der Waals surface area contributed by atoms with Crippen LogP contribution in [0.1, 0.15) is 23.6 Å². The molecule has 0 spiro atoms. The second-order valence-electron chi connectivity index (χ2n) is 5.44. The molecule has 0 radical (unpaired) electrons. The van der Waals surface area contributed by atoms with E-state index in [1.54, 1.807) is 0 Å². The lowest BCUT2D eigenvalue weighted by atomic mass is 10.1. The number of hydrogen-bond acceptors (Lipinski definition) is 4. The molecule has 0 aromatic heterocycles. The van der Waals surface area contributed by atoms with Gasteiger partial charge in [0.05, 0.1) is 19.3 Å². The van der Waals surface area contributed by atoms with Gasteiger partial charge in [0, 0.05) is 6.42 Å². The van der Waals surface area contributed by atoms with Gasteiger partial charge in [-0.25, -0.2) is 0 Å². The van der Waals surface area contributed by atoms with Crippen LogP contribution in [0.4, 0.5) is 0 Å². The lowest BCUT2D eigenvalue weighted by Crippen LogP contribution is -2.19. The summed E-state index contributed by atoms with van der Waals surface area (Å²) in [6.07, 6.45) is 0.895. The van der Waals surface area contributed by atoms with Crippen LogP contribution in [0.25, 0.3) is 0 Å². The lowest BCUT2D eigenvalue weighted by molar-refractivity contribution is 0.287. The molecule has 0 bridgehead atoms. The summed E-state index contributed by atoms with van der Waals surface area (Å²) in [7, 11) is 0. The summed E-state index contributed by atoms with van der Waals surface area (Å²) in [6.45, 7) is 3.80. The highest BCUT2D eigenvalue weighted by Gasteiger charge is 2.14. The second kappa shape index (κ2) is 6.71. The fourth-order valence-electron chi connectivity index (χ4n) is 2.40. The molecule has 1 atom stereocenters. The number of ether oxygens (including phenoxy) is 3. The molecule has 3 rings (SSSR count). The normalized spacial score (nSPS) is 15.0. The van der Waals surface area contributed by atoms with Gasteiger partial charge in [0.1, 0.15) is 12.4 Å². The SMILES string of the molecule is Cc1ccccc1OCC(N)c1ccc2c(c1)OCCCO2. The van der Waals surface area contributed by atoms with E-state index < -0.39 is 0 Å². The first-order chi connectivity index (χ1) is 10.7. The van der Waals surface area contributed by atoms with Gasteiger partial charge in [0.25, 0.3) is 0 Å². The van der Waals surface area contributed by atoms with Crippen LogP contribution in [-0.2, 0) is 0 Å². The van der Waals surface area contributed by atoms with Crippen molar-refractivity contribution in [1.29, 1.82) is 0 Å². The molecule has 0 saturated heterocycles. The fourth-order valence-corrected chi connectivity index (χ4v) is 2.40. The van der Waals surface area contributed by atoms with Crippen LogP contribution >= 0.6 is 0 Å². The van der Waals surface area contributed by atoms with E-state index in [0.29, 0.717) is 19.8 Å². The third-order valence-corrected chi connectivity index (χ3v) is 3.71. The monoisotopic (exact) mass is 299 g/mol. The number of benzene rings is 2. The van der Waals surface area contributed by atoms with Gasteiger partial charge in [-0.2, -0.15) is 0 Å². The highest BCUT2D eigenvalue weighted by molar-refractivity contribution is 5.44. The Balaban J connectivity index is 1.68. The molecule has 4 heteroatoms. The molecule has 2 aromatic rings. The van der Waals surface area contributed by atoms with Gasteiger partial charge in [-0.15, -0.1) is 0 Å². The van der Waals surface area contributed by atoms with E-state index in [1.807, 2.05) is 49.4 Å². The zero-order chi connectivity index (χ0) is 15.4. The Morgan fingerprint density at radius 1 is 1.09 bits per heavy atom. The molecule has 22 heavy (non-hydrogen) atoms. The van der Waals surface area contributed by atoms with Gasteiger partial charge in [-0.1, -0.05) is 24.3 Å². The molecule has 0 fully saturated rings. The quantitative estimate of drug-likeness (QED) is 0.941. The van der Waals surface area contributed by atoms with Gasteiger partial charge >= 0.3 is 0 Å². The summed E-state index contributed by atoms with van der Waals surface area (Å²) >= 11 is 0. The molecule has 0 saturated carbocycles. The first kappa shape index (κ1) is 14.7. The zero-order valence-electron chi connectivity index (χ0n) is 12.7. The van der Waals surface area contributed by atoms with Crippen molar-refractivity contribution < 1.29 is 14.2 Å². The van der Waals surface area contributed by atoms with Crippen LogP contribution in [0.2, 0.25) is 0 Å². The molecular weight excluding hydrogens is 278 g/mol. The minimum atomic E-state index is -0.211. The highest BCUT2D eigenvalue weighted by atomic mass is 16.5. The van der Waals surface area contributed by atoms with E-state index in [-0.39, 0.29) is 6.04 Å². The summed E-state index contributed by atoms with van der Waals surface area (Å²) in [5.74, 6) is 2.42. The topological polar surface area (TPSA) is 53.7 Å². The maximum absolute atomic E-state index is 6.24. The Morgan fingerprint density at radius 3 is 2.68 bits per heavy atom. The van der Waals surface area contributed by atoms with Gasteiger partial charge in [0.15, 0.2) is 11.5 Å². The summed E-state index contributed by atoms with van der Waals surface area (Å²) in [6, 6.07) is 13.6. The maximum Gasteiger partial charge on any atom is 0.161 e. The minimum Gasteiger partial charge on any atom is -0.491 e. The van der Waals surface area contributed by atoms with Gasteiger partial charge < -0.3 is 19.9 Å². The number of rotatable bonds is 4. The molecule has 2 aromatic carbocycles. The van der Waals surface area contributed by atoms with Crippen molar-refractivity contribution in [3.8, 4) is 17.2 Å². The summed E-state index contributed by atoms with van der Waals surface area (Å²) < 4.78 is 17.2. The smallest absolute Gasteiger partial charge is 0.161 e. The molecule has 1 aliphatic rings. The van der Waals surface area contributed by atoms with Crippen molar-refractivity contribution in [1.82, 2.24) is 0 Å². The van der Waals surface area contributed by atoms with E-state index in [0.717, 1.165) is 34.8 Å². The summed E-state index contributed by atoms with van der Waals surface area (Å²) in [4.78, 5) is 0. The van der Waals surface area contributed by atoms with Crippen molar-refractivity contribution in [2.24, 2.45) is 5.73 Å². The minimum absolute atomic E-state index is 0.211. The van der Waals surface area contributed by atoms with Crippen LogP contribution in [0.15, 0.2) is 42.5 Å². The zero-order valence-corrected chi connectivity index (χ0v) is 12.7. The average molecular weight is 299 g/mol. The number of fused-ring (bicyclic) bond motifs is 1. The van der Waals surface area contributed by atoms with Crippen molar-refractivity contribution >= 4 is 0 Å². The molecule has 2 N–H and O–H groups in total. The highest BCUT2D eigenvalue weighted by Crippen LogP contribution is 2.32. The van der Waals surface area contributed by atoms with Gasteiger partial charge in [-0.05, 0) is 36.2 Å². The van der Waals surface area contributed by atoms with Crippen LogP contribution in [0, 0.1) is 6.92 Å². The van der Waals surface area contributed by atoms with Crippen molar-refractivity contribution in [3.63, 3.8) is 0 Å². The van der Waals surface area contributed by atoms with Crippen LogP contribution in [-0.4, -0.2) is 19.8 Å². The molecule has 116 valence electrons. The van der Waals surface area contributed by atoms with Gasteiger partial charge in [-0.3, -0.25) is 0 Å². The molecule has 0 amide bonds. The molecule has 1 heterocycles. The number of aryl methyl sites for hydroxylation is 1. The Labute approximate surface area is 130 Å². The Bertz CT molecular complexity index is 642. The van der Waals surface area contributed by atoms with E-state index in [1.165, 1.54) is 0 Å². The van der Waals surface area contributed by atoms with E-state index in [9.17, 15) is 0 Å². The maximum atomic E-state index is 6.24. The standard InChI is InChI=1S/C18H21NO3/c1-13-5-2-3-6-16(13)22-12-15(19)14-7-8-17-18(11-14)21-10-4-9-20-17/h2-3,5-8,11,15H,4,9-10,12,19H2,1H3. The molecule has 4 nitrogen and oxygen atoms in total. The first-order valence-electron chi connectivity index (χ1n) is 7.57. The van der Waals surface area contributed by atoms with Gasteiger partial charge in [0.2, 0.25) is 0 Å². The van der Waals surface area contributed by atoms with Crippen molar-refractivity contribution in [2.45, 2.75) is 19.4 Å². The molecule has 0 aliphatic carbocycles. The summed E-state index contributed by atoms with van der Waals surface area (Å²) in [5, 5.41) is 0. The van der Waals surface area contributed by atoms with Crippen molar-refractivity contribution in [3.05, 3.63) is 53.6 Å². The third-order valence-electron chi connectivity index (χ3n) is 3.71. The van der Waals surface area contributed by atoms with E-state index >= 15 is 0 Å². The average Bonchev–Trinajstić information content (AvgIpc) is 2.78. The van der Waals surface area contributed by atoms with Crippen LogP contribution in [0.3, 0.4) is 0 Å². The molecular formula is C18H21NO3. The first-order valence-corrected chi connectivity index (χ1v) is 7.57. The second-order valence-corrected chi connectivity index (χ2v) is 5.44. The lowest BCUT2D eigenvalue weighted by Gasteiger charge is -2.16. The van der Waals surface area contributed by atoms with Crippen molar-refractivity contribution in [2.75, 3.05) is 19.8 Å². The summed E-state index contributed by atoms with van der Waals surface area (Å²) in [5.41, 5.74) is 8.33. The predicted octanol–water partition coefficient (Wildman–Crippen LogP) is 3.24. The Kier molecular flexibility index (Phi) is 4.49. The number of nitrogens with two attached hydrogens (primary N) is 1. The number of hydrogen-bond donors (Lipinski definition) is 1. The largest absolute Gasteiger partial charge is 0.491 e. The number of para-hydroxylation sites is 1.